The van der Waals surface area contributed by atoms with E-state index in [-0.39, 0.29) is 29.8 Å². The standard InChI is InChI=1S/C11H19NO5S/c1-2-3-9(11(14)15)12-10(13)6-8-4-5-18(16,17)7-8/h8-9H,2-7H2,1H3,(H,12,13)(H,14,15)/t8?,9-/m0/s1. The average Bonchev–Trinajstić information content (AvgIpc) is 2.57. The Balaban J connectivity index is 2.44. The number of hydrogen-bond donors (Lipinski definition) is 2. The molecule has 0 spiro atoms. The Morgan fingerprint density at radius 1 is 1.44 bits per heavy atom. The van der Waals surface area contributed by atoms with Crippen molar-refractivity contribution in [1.82, 2.24) is 5.32 Å². The third-order valence-corrected chi connectivity index (χ3v) is 4.85. The second-order valence-electron chi connectivity index (χ2n) is 4.72. The molecule has 1 saturated heterocycles. The van der Waals surface area contributed by atoms with E-state index in [0.717, 1.165) is 0 Å². The molecule has 2 atom stereocenters. The number of carbonyl (C=O) groups is 2. The number of rotatable bonds is 6. The molecular weight excluding hydrogens is 258 g/mol. The summed E-state index contributed by atoms with van der Waals surface area (Å²) in [5, 5.41) is 11.3. The Kier molecular flexibility index (Phi) is 5.13. The molecular formula is C11H19NO5S. The quantitative estimate of drug-likeness (QED) is 0.721. The van der Waals surface area contributed by atoms with Crippen LogP contribution in [0.2, 0.25) is 0 Å². The molecule has 6 nitrogen and oxygen atoms in total. The van der Waals surface area contributed by atoms with Crippen LogP contribution in [0.5, 0.6) is 0 Å². The second kappa shape index (κ2) is 6.17. The molecule has 18 heavy (non-hydrogen) atoms. The summed E-state index contributed by atoms with van der Waals surface area (Å²) in [6.45, 7) is 1.84. The third-order valence-electron chi connectivity index (χ3n) is 3.01. The summed E-state index contributed by atoms with van der Waals surface area (Å²) >= 11 is 0. The highest BCUT2D eigenvalue weighted by molar-refractivity contribution is 7.91. The summed E-state index contributed by atoms with van der Waals surface area (Å²) in [6.07, 6.45) is 1.62. The van der Waals surface area contributed by atoms with Gasteiger partial charge in [-0.1, -0.05) is 13.3 Å². The lowest BCUT2D eigenvalue weighted by Crippen LogP contribution is -2.41. The predicted molar refractivity (Wildman–Crippen MR) is 65.9 cm³/mol. The van der Waals surface area contributed by atoms with Crippen LogP contribution in [0.25, 0.3) is 0 Å². The number of carbonyl (C=O) groups excluding carboxylic acids is 1. The van der Waals surface area contributed by atoms with Gasteiger partial charge in [-0.2, -0.15) is 0 Å². The first-order valence-electron chi connectivity index (χ1n) is 6.06. The van der Waals surface area contributed by atoms with Crippen LogP contribution < -0.4 is 5.32 Å². The number of aliphatic carboxylic acids is 1. The van der Waals surface area contributed by atoms with Gasteiger partial charge in [0.05, 0.1) is 11.5 Å². The van der Waals surface area contributed by atoms with Crippen LogP contribution in [-0.4, -0.2) is 42.9 Å². The molecule has 1 aliphatic rings. The molecule has 1 heterocycles. The highest BCUT2D eigenvalue weighted by Crippen LogP contribution is 2.21. The summed E-state index contributed by atoms with van der Waals surface area (Å²) in [5.74, 6) is -1.44. The molecule has 0 aromatic carbocycles. The van der Waals surface area contributed by atoms with Gasteiger partial charge in [0.25, 0.3) is 0 Å². The van der Waals surface area contributed by atoms with Gasteiger partial charge in [-0.25, -0.2) is 13.2 Å². The average molecular weight is 277 g/mol. The molecule has 1 unspecified atom stereocenters. The molecule has 1 amide bonds. The highest BCUT2D eigenvalue weighted by atomic mass is 32.2. The van der Waals surface area contributed by atoms with Gasteiger partial charge in [-0.3, -0.25) is 4.79 Å². The Labute approximate surface area is 107 Å². The summed E-state index contributed by atoms with van der Waals surface area (Å²) in [5.41, 5.74) is 0. The first-order valence-corrected chi connectivity index (χ1v) is 7.88. The van der Waals surface area contributed by atoms with Gasteiger partial charge >= 0.3 is 5.97 Å². The molecule has 0 saturated carbocycles. The van der Waals surface area contributed by atoms with Crippen LogP contribution in [0.4, 0.5) is 0 Å². The SMILES string of the molecule is CCC[C@H](NC(=O)CC1CCS(=O)(=O)C1)C(=O)O. The largest absolute Gasteiger partial charge is 0.480 e. The lowest BCUT2D eigenvalue weighted by atomic mass is 10.0. The minimum Gasteiger partial charge on any atom is -0.480 e. The van der Waals surface area contributed by atoms with Gasteiger partial charge in [-0.15, -0.1) is 0 Å². The highest BCUT2D eigenvalue weighted by Gasteiger charge is 2.30. The second-order valence-corrected chi connectivity index (χ2v) is 6.95. The zero-order valence-corrected chi connectivity index (χ0v) is 11.2. The van der Waals surface area contributed by atoms with Gasteiger partial charge in [0.1, 0.15) is 6.04 Å². The van der Waals surface area contributed by atoms with Gasteiger partial charge in [0, 0.05) is 6.42 Å². The molecule has 1 rings (SSSR count). The maximum absolute atomic E-state index is 11.6. The van der Waals surface area contributed by atoms with Crippen molar-refractivity contribution in [2.45, 2.75) is 38.6 Å². The van der Waals surface area contributed by atoms with Gasteiger partial charge in [0.2, 0.25) is 5.91 Å². The van der Waals surface area contributed by atoms with E-state index in [0.29, 0.717) is 19.3 Å². The van der Waals surface area contributed by atoms with Crippen LogP contribution >= 0.6 is 0 Å². The van der Waals surface area contributed by atoms with Crippen molar-refractivity contribution in [2.75, 3.05) is 11.5 Å². The molecule has 2 N–H and O–H groups in total. The summed E-state index contributed by atoms with van der Waals surface area (Å²) in [4.78, 5) is 22.5. The number of carboxylic acids is 1. The topological polar surface area (TPSA) is 101 Å². The third kappa shape index (κ3) is 4.64. The van der Waals surface area contributed by atoms with Crippen LogP contribution in [0.15, 0.2) is 0 Å². The van der Waals surface area contributed by atoms with E-state index in [9.17, 15) is 18.0 Å². The molecule has 0 aromatic heterocycles. The van der Waals surface area contributed by atoms with Crippen LogP contribution in [0.3, 0.4) is 0 Å². The summed E-state index contributed by atoms with van der Waals surface area (Å²) < 4.78 is 22.5. The first kappa shape index (κ1) is 14.9. The lowest BCUT2D eigenvalue weighted by Gasteiger charge is -2.14. The van der Waals surface area contributed by atoms with Gasteiger partial charge < -0.3 is 10.4 Å². The molecule has 0 bridgehead atoms. The normalized spacial score (nSPS) is 23.5. The van der Waals surface area contributed by atoms with Crippen molar-refractivity contribution < 1.29 is 23.1 Å². The first-order chi connectivity index (χ1) is 8.34. The van der Waals surface area contributed by atoms with Gasteiger partial charge in [-0.05, 0) is 18.8 Å². The van der Waals surface area contributed by atoms with Crippen molar-refractivity contribution >= 4 is 21.7 Å². The summed E-state index contributed by atoms with van der Waals surface area (Å²) in [7, 11) is -2.99. The molecule has 104 valence electrons. The van der Waals surface area contributed by atoms with Crippen molar-refractivity contribution in [3.63, 3.8) is 0 Å². The zero-order valence-electron chi connectivity index (χ0n) is 10.4. The van der Waals surface area contributed by atoms with E-state index in [4.69, 9.17) is 5.11 Å². The lowest BCUT2D eigenvalue weighted by molar-refractivity contribution is -0.142. The smallest absolute Gasteiger partial charge is 0.326 e. The Hall–Kier alpha value is -1.11. The fourth-order valence-corrected chi connectivity index (χ4v) is 3.96. The number of sulfone groups is 1. The minimum atomic E-state index is -2.99. The fourth-order valence-electron chi connectivity index (χ4n) is 2.09. The molecule has 1 fully saturated rings. The Morgan fingerprint density at radius 3 is 2.56 bits per heavy atom. The van der Waals surface area contributed by atoms with E-state index in [2.05, 4.69) is 5.32 Å². The number of nitrogens with one attached hydrogen (secondary N) is 1. The van der Waals surface area contributed by atoms with E-state index in [1.54, 1.807) is 0 Å². The van der Waals surface area contributed by atoms with Crippen molar-refractivity contribution in [3.05, 3.63) is 0 Å². The van der Waals surface area contributed by atoms with Crippen molar-refractivity contribution in [2.24, 2.45) is 5.92 Å². The Bertz CT molecular complexity index is 417. The number of hydrogen-bond acceptors (Lipinski definition) is 4. The van der Waals surface area contributed by atoms with Gasteiger partial charge in [0.15, 0.2) is 9.84 Å². The van der Waals surface area contributed by atoms with Crippen LogP contribution in [-0.2, 0) is 19.4 Å². The fraction of sp³-hybridized carbons (Fsp3) is 0.818. The predicted octanol–water partition coefficient (Wildman–Crippen LogP) is 0.181. The Morgan fingerprint density at radius 2 is 2.11 bits per heavy atom. The number of carboxylic acid groups (broad SMARTS) is 1. The molecule has 0 radical (unpaired) electrons. The van der Waals surface area contributed by atoms with E-state index >= 15 is 0 Å². The van der Waals surface area contributed by atoms with E-state index in [1.807, 2.05) is 6.92 Å². The minimum absolute atomic E-state index is 0.0337. The maximum atomic E-state index is 11.6. The van der Waals surface area contributed by atoms with E-state index in [1.165, 1.54) is 0 Å². The van der Waals surface area contributed by atoms with E-state index < -0.39 is 21.8 Å². The molecule has 0 aromatic rings. The van der Waals surface area contributed by atoms with Crippen LogP contribution in [0, 0.1) is 5.92 Å². The molecule has 0 aliphatic carbocycles. The molecule has 1 aliphatic heterocycles. The zero-order chi connectivity index (χ0) is 13.8. The summed E-state index contributed by atoms with van der Waals surface area (Å²) in [6, 6.07) is -0.875. The number of amides is 1. The van der Waals surface area contributed by atoms with Crippen molar-refractivity contribution in [1.29, 1.82) is 0 Å². The maximum Gasteiger partial charge on any atom is 0.326 e. The molecule has 7 heteroatoms. The monoisotopic (exact) mass is 277 g/mol. The van der Waals surface area contributed by atoms with Crippen molar-refractivity contribution in [3.8, 4) is 0 Å². The van der Waals surface area contributed by atoms with Crippen LogP contribution in [0.1, 0.15) is 32.6 Å².